The van der Waals surface area contributed by atoms with E-state index < -0.39 is 0 Å². The summed E-state index contributed by atoms with van der Waals surface area (Å²) < 4.78 is 5.18. The van der Waals surface area contributed by atoms with Gasteiger partial charge in [-0.15, -0.1) is 0 Å². The second-order valence-electron chi connectivity index (χ2n) is 8.16. The third-order valence-electron chi connectivity index (χ3n) is 6.48. The van der Waals surface area contributed by atoms with Crippen molar-refractivity contribution in [1.29, 1.82) is 0 Å². The highest BCUT2D eigenvalue weighted by Gasteiger charge is 2.58. The first-order chi connectivity index (χ1) is 14.0. The molecular formula is C21H29N5O3. The molecule has 2 fully saturated rings. The number of nitrogens with one attached hydrogen (secondary N) is 2. The Morgan fingerprint density at radius 2 is 1.83 bits per heavy atom. The number of carbonyl (C=O) groups is 2. The van der Waals surface area contributed by atoms with Crippen LogP contribution in [-0.4, -0.2) is 54.5 Å². The van der Waals surface area contributed by atoms with Crippen molar-refractivity contribution in [2.75, 3.05) is 26.7 Å². The van der Waals surface area contributed by atoms with Crippen LogP contribution in [0.3, 0.4) is 0 Å². The minimum absolute atomic E-state index is 0.0267. The molecule has 4 rings (SSSR count). The molecule has 29 heavy (non-hydrogen) atoms. The summed E-state index contributed by atoms with van der Waals surface area (Å²) >= 11 is 0. The van der Waals surface area contributed by atoms with Crippen LogP contribution in [0.1, 0.15) is 29.9 Å². The number of aromatic nitrogens is 1. The monoisotopic (exact) mass is 399 g/mol. The zero-order chi connectivity index (χ0) is 20.5. The van der Waals surface area contributed by atoms with E-state index in [-0.39, 0.29) is 35.5 Å². The van der Waals surface area contributed by atoms with Gasteiger partial charge in [-0.05, 0) is 44.9 Å². The number of hydrogen-bond donors (Lipinski definition) is 2. The van der Waals surface area contributed by atoms with Gasteiger partial charge in [0.05, 0.1) is 17.5 Å². The highest BCUT2D eigenvalue weighted by atomic mass is 16.5. The van der Waals surface area contributed by atoms with Crippen molar-refractivity contribution in [3.05, 3.63) is 29.2 Å². The Hall–Kier alpha value is -2.64. The summed E-state index contributed by atoms with van der Waals surface area (Å²) in [5.41, 5.74) is 2.04. The van der Waals surface area contributed by atoms with Crippen LogP contribution in [0.25, 0.3) is 0 Å². The van der Waals surface area contributed by atoms with E-state index in [0.29, 0.717) is 32.0 Å². The highest BCUT2D eigenvalue weighted by molar-refractivity contribution is 6.06. The number of guanidine groups is 1. The van der Waals surface area contributed by atoms with Crippen molar-refractivity contribution in [1.82, 2.24) is 20.7 Å². The average molecular weight is 399 g/mol. The van der Waals surface area contributed by atoms with Crippen LogP contribution in [0.4, 0.5) is 0 Å². The van der Waals surface area contributed by atoms with Crippen molar-refractivity contribution in [2.24, 2.45) is 28.7 Å². The molecule has 1 aromatic rings. The molecule has 2 N–H and O–H groups in total. The molecule has 2 bridgehead atoms. The summed E-state index contributed by atoms with van der Waals surface area (Å²) in [5, 5.41) is 10.5. The fourth-order valence-electron chi connectivity index (χ4n) is 5.01. The first-order valence-electron chi connectivity index (χ1n) is 10.4. The average Bonchev–Trinajstić information content (AvgIpc) is 3.45. The fourth-order valence-corrected chi connectivity index (χ4v) is 5.01. The molecule has 0 aromatic carbocycles. The molecule has 1 aromatic heterocycles. The Morgan fingerprint density at radius 1 is 1.17 bits per heavy atom. The van der Waals surface area contributed by atoms with Crippen LogP contribution in [0, 0.1) is 37.5 Å². The van der Waals surface area contributed by atoms with Crippen LogP contribution in [0.5, 0.6) is 0 Å². The van der Waals surface area contributed by atoms with Gasteiger partial charge < -0.3 is 15.2 Å². The third kappa shape index (κ3) is 3.56. The van der Waals surface area contributed by atoms with E-state index in [2.05, 4.69) is 32.9 Å². The lowest BCUT2D eigenvalue weighted by Gasteiger charge is -2.18. The minimum Gasteiger partial charge on any atom is -0.361 e. The van der Waals surface area contributed by atoms with Crippen molar-refractivity contribution >= 4 is 17.8 Å². The maximum atomic E-state index is 12.7. The summed E-state index contributed by atoms with van der Waals surface area (Å²) in [6.45, 7) is 5.68. The molecule has 4 atom stereocenters. The Morgan fingerprint density at radius 3 is 2.41 bits per heavy atom. The van der Waals surface area contributed by atoms with Gasteiger partial charge in [-0.25, -0.2) is 0 Å². The number of likely N-dealkylation sites (tertiary alicyclic amines) is 1. The molecule has 4 unspecified atom stereocenters. The number of nitrogens with zero attached hydrogens (tertiary/aromatic N) is 3. The molecular weight excluding hydrogens is 370 g/mol. The number of hydrogen-bond acceptors (Lipinski definition) is 5. The zero-order valence-corrected chi connectivity index (χ0v) is 17.3. The Labute approximate surface area is 170 Å². The van der Waals surface area contributed by atoms with Crippen LogP contribution < -0.4 is 10.6 Å². The van der Waals surface area contributed by atoms with Crippen molar-refractivity contribution in [3.8, 4) is 0 Å². The zero-order valence-electron chi connectivity index (χ0n) is 17.3. The van der Waals surface area contributed by atoms with E-state index in [1.807, 2.05) is 13.8 Å². The molecule has 156 valence electrons. The highest BCUT2D eigenvalue weighted by Crippen LogP contribution is 2.52. The van der Waals surface area contributed by atoms with E-state index in [1.165, 1.54) is 4.90 Å². The molecule has 2 aliphatic carbocycles. The fraction of sp³-hybridized carbons (Fsp3) is 0.619. The summed E-state index contributed by atoms with van der Waals surface area (Å²) in [5.74, 6) is 1.93. The molecule has 8 heteroatoms. The Balaban J connectivity index is 1.19. The van der Waals surface area contributed by atoms with E-state index in [9.17, 15) is 9.59 Å². The van der Waals surface area contributed by atoms with Gasteiger partial charge in [-0.2, -0.15) is 0 Å². The van der Waals surface area contributed by atoms with Gasteiger partial charge in [0.2, 0.25) is 11.8 Å². The summed E-state index contributed by atoms with van der Waals surface area (Å²) in [7, 11) is 1.72. The molecule has 1 saturated carbocycles. The lowest BCUT2D eigenvalue weighted by molar-refractivity contribution is -0.140. The van der Waals surface area contributed by atoms with E-state index >= 15 is 0 Å². The molecule has 0 spiro atoms. The number of imide groups is 1. The van der Waals surface area contributed by atoms with Gasteiger partial charge in [-0.3, -0.25) is 19.5 Å². The maximum absolute atomic E-state index is 12.7. The SMILES string of the molecule is CN=C(NCCCN1C(=O)C2C3C=CC(C3)C2C1=O)NCCc1c(C)noc1C. The standard InChI is InChI=1S/C21H29N5O3/c1-12-16(13(2)29-25-12)7-9-24-21(22-3)23-8-4-10-26-19(27)17-14-5-6-15(11-14)18(17)20(26)28/h5-6,14-15,17-18H,4,7-11H2,1-3H3,(H2,22,23,24). The predicted molar refractivity (Wildman–Crippen MR) is 108 cm³/mol. The number of carbonyl (C=O) groups excluding carboxylic acids is 2. The molecule has 3 aliphatic rings. The van der Waals surface area contributed by atoms with Gasteiger partial charge in [0.25, 0.3) is 0 Å². The molecule has 8 nitrogen and oxygen atoms in total. The molecule has 2 heterocycles. The summed E-state index contributed by atoms with van der Waals surface area (Å²) in [4.78, 5) is 31.1. The number of fused-ring (bicyclic) bond motifs is 5. The summed E-state index contributed by atoms with van der Waals surface area (Å²) in [6.07, 6.45) is 6.72. The first kappa shape index (κ1) is 19.7. The second kappa shape index (κ2) is 8.00. The van der Waals surface area contributed by atoms with Gasteiger partial charge in [-0.1, -0.05) is 17.3 Å². The lowest BCUT2D eigenvalue weighted by Crippen LogP contribution is -2.40. The maximum Gasteiger partial charge on any atom is 0.233 e. The number of allylic oxidation sites excluding steroid dienone is 2. The van der Waals surface area contributed by atoms with Crippen LogP contribution in [0.15, 0.2) is 21.7 Å². The molecule has 1 aliphatic heterocycles. The van der Waals surface area contributed by atoms with Gasteiger partial charge >= 0.3 is 0 Å². The van der Waals surface area contributed by atoms with Gasteiger partial charge in [0.1, 0.15) is 5.76 Å². The lowest BCUT2D eigenvalue weighted by atomic mass is 9.85. The topological polar surface area (TPSA) is 99.8 Å². The van der Waals surface area contributed by atoms with Crippen molar-refractivity contribution < 1.29 is 14.1 Å². The number of rotatable bonds is 7. The smallest absolute Gasteiger partial charge is 0.233 e. The Bertz CT molecular complexity index is 809. The third-order valence-corrected chi connectivity index (χ3v) is 6.48. The van der Waals surface area contributed by atoms with Crippen molar-refractivity contribution in [3.63, 3.8) is 0 Å². The van der Waals surface area contributed by atoms with Crippen molar-refractivity contribution in [2.45, 2.75) is 33.1 Å². The second-order valence-corrected chi connectivity index (χ2v) is 8.16. The van der Waals surface area contributed by atoms with Crippen LogP contribution in [-0.2, 0) is 16.0 Å². The predicted octanol–water partition coefficient (Wildman–Crippen LogP) is 1.20. The molecule has 2 amide bonds. The van der Waals surface area contributed by atoms with Gasteiger partial charge in [0.15, 0.2) is 5.96 Å². The van der Waals surface area contributed by atoms with E-state index in [1.54, 1.807) is 7.05 Å². The quantitative estimate of drug-likeness (QED) is 0.235. The normalized spacial score (nSPS) is 27.8. The van der Waals surface area contributed by atoms with E-state index in [0.717, 1.165) is 29.9 Å². The number of amides is 2. The number of aliphatic imine (C=N–C) groups is 1. The van der Waals surface area contributed by atoms with Crippen LogP contribution in [0.2, 0.25) is 0 Å². The van der Waals surface area contributed by atoms with E-state index in [4.69, 9.17) is 4.52 Å². The number of aryl methyl sites for hydroxylation is 2. The molecule has 0 radical (unpaired) electrons. The van der Waals surface area contributed by atoms with Gasteiger partial charge in [0, 0.05) is 32.2 Å². The first-order valence-corrected chi connectivity index (χ1v) is 10.4. The van der Waals surface area contributed by atoms with Crippen LogP contribution >= 0.6 is 0 Å². The molecule has 1 saturated heterocycles. The Kier molecular flexibility index (Phi) is 5.43. The largest absolute Gasteiger partial charge is 0.361 e. The minimum atomic E-state index is -0.107. The summed E-state index contributed by atoms with van der Waals surface area (Å²) in [6, 6.07) is 0.